The van der Waals surface area contributed by atoms with E-state index in [4.69, 9.17) is 11.6 Å². The number of hydrogen-bond acceptors (Lipinski definition) is 5. The summed E-state index contributed by atoms with van der Waals surface area (Å²) in [6, 6.07) is -0.161. The van der Waals surface area contributed by atoms with Crippen LogP contribution < -0.4 is 4.90 Å². The molecular formula is C12H14ClN5O. The molecule has 0 radical (unpaired) electrons. The number of aromatic nitrogens is 4. The fraction of sp³-hybridized carbons (Fsp3) is 0.500. The van der Waals surface area contributed by atoms with Gasteiger partial charge in [-0.3, -0.25) is 4.79 Å². The summed E-state index contributed by atoms with van der Waals surface area (Å²) in [6.07, 6.45) is 4.02. The van der Waals surface area contributed by atoms with Gasteiger partial charge in [-0.25, -0.2) is 4.98 Å². The Kier molecular flexibility index (Phi) is 2.89. The number of hydrogen-bond donors (Lipinski definition) is 0. The van der Waals surface area contributed by atoms with E-state index >= 15 is 0 Å². The molecule has 1 unspecified atom stereocenters. The van der Waals surface area contributed by atoms with Crippen LogP contribution >= 0.6 is 11.6 Å². The number of carbonyl (C=O) groups is 1. The molecule has 1 atom stereocenters. The number of halogens is 1. The molecule has 1 saturated carbocycles. The van der Waals surface area contributed by atoms with Crippen LogP contribution in [0.1, 0.15) is 25.3 Å². The maximum absolute atomic E-state index is 11.9. The topological polar surface area (TPSA) is 63.9 Å². The highest BCUT2D eigenvalue weighted by Crippen LogP contribution is 2.30. The average molecular weight is 280 g/mol. The van der Waals surface area contributed by atoms with E-state index in [9.17, 15) is 4.79 Å². The van der Waals surface area contributed by atoms with Gasteiger partial charge in [0.1, 0.15) is 5.52 Å². The van der Waals surface area contributed by atoms with Gasteiger partial charge in [-0.1, -0.05) is 11.6 Å². The predicted molar refractivity (Wildman–Crippen MR) is 72.6 cm³/mol. The SMILES string of the molecule is CN(C)c1nc(Cl)c2ncn(C3CCCC3=O)c2n1. The zero-order valence-electron chi connectivity index (χ0n) is 10.8. The molecule has 100 valence electrons. The van der Waals surface area contributed by atoms with Crippen molar-refractivity contribution in [3.8, 4) is 0 Å². The van der Waals surface area contributed by atoms with Gasteiger partial charge < -0.3 is 9.47 Å². The second-order valence-corrected chi connectivity index (χ2v) is 5.27. The number of fused-ring (bicyclic) bond motifs is 1. The number of ketones is 1. The van der Waals surface area contributed by atoms with Crippen molar-refractivity contribution in [1.29, 1.82) is 0 Å². The molecule has 1 aliphatic rings. The van der Waals surface area contributed by atoms with Gasteiger partial charge in [-0.15, -0.1) is 0 Å². The summed E-state index contributed by atoms with van der Waals surface area (Å²) in [5.74, 6) is 0.755. The molecular weight excluding hydrogens is 266 g/mol. The van der Waals surface area contributed by atoms with Crippen LogP contribution in [0.4, 0.5) is 5.95 Å². The average Bonchev–Trinajstić information content (AvgIpc) is 2.94. The Morgan fingerprint density at radius 3 is 2.84 bits per heavy atom. The second kappa shape index (κ2) is 4.45. The van der Waals surface area contributed by atoms with Crippen molar-refractivity contribution in [1.82, 2.24) is 19.5 Å². The van der Waals surface area contributed by atoms with Crippen molar-refractivity contribution in [3.63, 3.8) is 0 Å². The minimum absolute atomic E-state index is 0.161. The van der Waals surface area contributed by atoms with E-state index < -0.39 is 0 Å². The van der Waals surface area contributed by atoms with Crippen molar-refractivity contribution < 1.29 is 4.79 Å². The molecule has 2 heterocycles. The first kappa shape index (κ1) is 12.3. The van der Waals surface area contributed by atoms with Gasteiger partial charge in [0, 0.05) is 20.5 Å². The molecule has 7 heteroatoms. The van der Waals surface area contributed by atoms with E-state index in [-0.39, 0.29) is 11.8 Å². The lowest BCUT2D eigenvalue weighted by Crippen LogP contribution is -2.16. The summed E-state index contributed by atoms with van der Waals surface area (Å²) < 4.78 is 1.82. The number of anilines is 1. The summed E-state index contributed by atoms with van der Waals surface area (Å²) in [6.45, 7) is 0. The van der Waals surface area contributed by atoms with Gasteiger partial charge >= 0.3 is 0 Å². The number of imidazole rings is 1. The fourth-order valence-corrected chi connectivity index (χ4v) is 2.60. The van der Waals surface area contributed by atoms with Crippen LogP contribution in [-0.2, 0) is 4.79 Å². The molecule has 2 aromatic heterocycles. The lowest BCUT2D eigenvalue weighted by atomic mass is 10.2. The van der Waals surface area contributed by atoms with Crippen molar-refractivity contribution in [3.05, 3.63) is 11.5 Å². The molecule has 0 aromatic carbocycles. The second-order valence-electron chi connectivity index (χ2n) is 4.91. The normalized spacial score (nSPS) is 19.3. The van der Waals surface area contributed by atoms with E-state index in [1.165, 1.54) is 0 Å². The third-order valence-electron chi connectivity index (χ3n) is 3.38. The highest BCUT2D eigenvalue weighted by Gasteiger charge is 2.28. The summed E-state index contributed by atoms with van der Waals surface area (Å²) in [4.78, 5) is 26.5. The van der Waals surface area contributed by atoms with Crippen LogP contribution in [0.2, 0.25) is 5.15 Å². The van der Waals surface area contributed by atoms with Crippen LogP contribution in [0.3, 0.4) is 0 Å². The number of rotatable bonds is 2. The van der Waals surface area contributed by atoms with E-state index in [0.717, 1.165) is 12.8 Å². The summed E-state index contributed by atoms with van der Waals surface area (Å²) in [5.41, 5.74) is 1.18. The van der Waals surface area contributed by atoms with E-state index in [1.54, 1.807) is 11.2 Å². The molecule has 6 nitrogen and oxygen atoms in total. The van der Waals surface area contributed by atoms with Gasteiger partial charge in [0.15, 0.2) is 16.6 Å². The molecule has 0 spiro atoms. The van der Waals surface area contributed by atoms with Crippen LogP contribution in [0, 0.1) is 0 Å². The molecule has 3 rings (SSSR count). The van der Waals surface area contributed by atoms with Crippen molar-refractivity contribution in [2.24, 2.45) is 0 Å². The third kappa shape index (κ3) is 1.96. The van der Waals surface area contributed by atoms with Gasteiger partial charge in [-0.05, 0) is 12.8 Å². The molecule has 0 saturated heterocycles. The standard InChI is InChI=1S/C12H14ClN5O/c1-17(2)12-15-10(13)9-11(16-12)18(6-14-9)7-4-3-5-8(7)19/h6-7H,3-5H2,1-2H3. The predicted octanol–water partition coefficient (Wildman–Crippen LogP) is 1.84. The van der Waals surface area contributed by atoms with Crippen molar-refractivity contribution in [2.45, 2.75) is 25.3 Å². The molecule has 1 fully saturated rings. The monoisotopic (exact) mass is 279 g/mol. The third-order valence-corrected chi connectivity index (χ3v) is 3.64. The van der Waals surface area contributed by atoms with Crippen LogP contribution in [0.25, 0.3) is 11.2 Å². The first-order valence-electron chi connectivity index (χ1n) is 6.18. The Morgan fingerprint density at radius 2 is 2.21 bits per heavy atom. The highest BCUT2D eigenvalue weighted by atomic mass is 35.5. The molecule has 0 aliphatic heterocycles. The maximum atomic E-state index is 11.9. The molecule has 2 aromatic rings. The molecule has 0 N–H and O–H groups in total. The van der Waals surface area contributed by atoms with Gasteiger partial charge in [0.25, 0.3) is 0 Å². The lowest BCUT2D eigenvalue weighted by molar-refractivity contribution is -0.120. The van der Waals surface area contributed by atoms with Crippen LogP contribution in [0.5, 0.6) is 0 Å². The highest BCUT2D eigenvalue weighted by molar-refractivity contribution is 6.33. The fourth-order valence-electron chi connectivity index (χ4n) is 2.39. The van der Waals surface area contributed by atoms with E-state index in [1.807, 2.05) is 18.7 Å². The molecule has 19 heavy (non-hydrogen) atoms. The Labute approximate surface area is 115 Å². The number of Topliss-reactive ketones (excluding diaryl/α,β-unsaturated/α-hetero) is 1. The van der Waals surface area contributed by atoms with E-state index in [2.05, 4.69) is 15.0 Å². The maximum Gasteiger partial charge on any atom is 0.228 e. The van der Waals surface area contributed by atoms with Crippen molar-refractivity contribution in [2.75, 3.05) is 19.0 Å². The summed E-state index contributed by atoms with van der Waals surface area (Å²) in [7, 11) is 3.69. The van der Waals surface area contributed by atoms with Gasteiger partial charge in [0.05, 0.1) is 12.4 Å². The van der Waals surface area contributed by atoms with Crippen LogP contribution in [0.15, 0.2) is 6.33 Å². The zero-order chi connectivity index (χ0) is 13.6. The summed E-state index contributed by atoms with van der Waals surface area (Å²) in [5, 5.41) is 0.317. The van der Waals surface area contributed by atoms with Gasteiger partial charge in [0.2, 0.25) is 5.95 Å². The first-order chi connectivity index (χ1) is 9.08. The first-order valence-corrected chi connectivity index (χ1v) is 6.56. The number of carbonyl (C=O) groups excluding carboxylic acids is 1. The number of nitrogens with zero attached hydrogens (tertiary/aromatic N) is 5. The van der Waals surface area contributed by atoms with E-state index in [0.29, 0.717) is 28.7 Å². The Balaban J connectivity index is 2.18. The van der Waals surface area contributed by atoms with Gasteiger partial charge in [-0.2, -0.15) is 9.97 Å². The quantitative estimate of drug-likeness (QED) is 0.785. The minimum atomic E-state index is -0.161. The Morgan fingerprint density at radius 1 is 1.42 bits per heavy atom. The van der Waals surface area contributed by atoms with Crippen molar-refractivity contribution >= 4 is 34.5 Å². The molecule has 0 bridgehead atoms. The zero-order valence-corrected chi connectivity index (χ0v) is 11.6. The molecule has 0 amide bonds. The minimum Gasteiger partial charge on any atom is -0.347 e. The summed E-state index contributed by atoms with van der Waals surface area (Å²) >= 11 is 6.12. The Hall–Kier alpha value is -1.69. The smallest absolute Gasteiger partial charge is 0.228 e. The Bertz CT molecular complexity index is 651. The van der Waals surface area contributed by atoms with Crippen LogP contribution in [-0.4, -0.2) is 39.4 Å². The largest absolute Gasteiger partial charge is 0.347 e. The molecule has 1 aliphatic carbocycles. The lowest BCUT2D eigenvalue weighted by Gasteiger charge is -2.13.